The molecule has 1 aromatic heterocycles. The molecular weight excluding hydrogens is 575 g/mol. The van der Waals surface area contributed by atoms with Crippen molar-refractivity contribution in [1.82, 2.24) is 9.55 Å². The summed E-state index contributed by atoms with van der Waals surface area (Å²) in [4.78, 5) is 36.3. The van der Waals surface area contributed by atoms with Crippen LogP contribution in [0.15, 0.2) is 125 Å². The van der Waals surface area contributed by atoms with E-state index in [0.717, 1.165) is 65.9 Å². The number of benzene rings is 4. The normalized spacial score (nSPS) is 15.6. The molecule has 2 aliphatic rings. The fourth-order valence-corrected chi connectivity index (χ4v) is 8.11. The summed E-state index contributed by atoms with van der Waals surface area (Å²) in [6.45, 7) is 2.32. The van der Waals surface area contributed by atoms with Crippen LogP contribution >= 0.6 is 11.8 Å². The molecule has 1 atom stereocenters. The summed E-state index contributed by atoms with van der Waals surface area (Å²) in [7, 11) is 0. The first-order chi connectivity index (χ1) is 22.0. The Morgan fingerprint density at radius 3 is 2.04 bits per heavy atom. The molecule has 226 valence electrons. The molecule has 1 spiro atoms. The molecule has 5 nitrogen and oxygen atoms in total. The van der Waals surface area contributed by atoms with Crippen LogP contribution in [0.5, 0.6) is 0 Å². The number of rotatable bonds is 7. The topological polar surface area (TPSA) is 55.2 Å². The molecule has 4 aromatic carbocycles. The number of hydrogen-bond donors (Lipinski definition) is 0. The summed E-state index contributed by atoms with van der Waals surface area (Å²) >= 11 is 1.37. The van der Waals surface area contributed by atoms with Crippen LogP contribution in [-0.4, -0.2) is 20.7 Å². The highest BCUT2D eigenvalue weighted by Crippen LogP contribution is 2.49. The van der Waals surface area contributed by atoms with Gasteiger partial charge in [0.05, 0.1) is 23.1 Å². The maximum absolute atomic E-state index is 14.9. The number of nitrogens with zero attached hydrogens (tertiary/aromatic N) is 3. The number of carbonyl (C=O) groups is 1. The molecule has 6 heteroatoms. The molecule has 0 bridgehead atoms. The quantitative estimate of drug-likeness (QED) is 0.137. The van der Waals surface area contributed by atoms with Crippen molar-refractivity contribution in [3.8, 4) is 11.3 Å². The molecule has 1 amide bonds. The Balaban J connectivity index is 1.35. The van der Waals surface area contributed by atoms with E-state index in [4.69, 9.17) is 4.98 Å². The number of hydrogen-bond acceptors (Lipinski definition) is 4. The zero-order valence-electron chi connectivity index (χ0n) is 25.6. The van der Waals surface area contributed by atoms with E-state index in [0.29, 0.717) is 11.7 Å². The van der Waals surface area contributed by atoms with Gasteiger partial charge >= 0.3 is 0 Å². The molecule has 0 aliphatic heterocycles. The average Bonchev–Trinajstić information content (AvgIpc) is 3.08. The Morgan fingerprint density at radius 2 is 1.40 bits per heavy atom. The Bertz CT molecular complexity index is 1830. The molecule has 2 aliphatic carbocycles. The van der Waals surface area contributed by atoms with Gasteiger partial charge in [-0.1, -0.05) is 122 Å². The van der Waals surface area contributed by atoms with Gasteiger partial charge in [-0.2, -0.15) is 0 Å². The number of thioether (sulfide) groups is 1. The number of anilines is 2. The van der Waals surface area contributed by atoms with Gasteiger partial charge in [0, 0.05) is 22.4 Å². The summed E-state index contributed by atoms with van der Waals surface area (Å²) in [6.07, 6.45) is 6.33. The zero-order valence-corrected chi connectivity index (χ0v) is 26.4. The van der Waals surface area contributed by atoms with E-state index in [-0.39, 0.29) is 16.9 Å². The van der Waals surface area contributed by atoms with Gasteiger partial charge in [-0.25, -0.2) is 4.98 Å². The molecule has 7 rings (SSSR count). The van der Waals surface area contributed by atoms with Crippen molar-refractivity contribution >= 4 is 29.0 Å². The highest BCUT2D eigenvalue weighted by Gasteiger charge is 2.43. The number of carbonyl (C=O) groups excluding carboxylic acids is 1. The van der Waals surface area contributed by atoms with Crippen LogP contribution in [-0.2, 0) is 23.2 Å². The SMILES string of the molecule is CC(Sc1nc2c(c(=O)n1Cc1ccccc1)C1(CCCCC1)Cc1ccccc1-2)C(=O)N(c1ccccc1)c1ccccc1. The molecule has 1 saturated carbocycles. The molecule has 0 saturated heterocycles. The minimum Gasteiger partial charge on any atom is -0.283 e. The van der Waals surface area contributed by atoms with Gasteiger partial charge in [0.1, 0.15) is 0 Å². The predicted molar refractivity (Wildman–Crippen MR) is 183 cm³/mol. The lowest BCUT2D eigenvalue weighted by Gasteiger charge is -2.42. The summed E-state index contributed by atoms with van der Waals surface area (Å²) < 4.78 is 1.84. The number of para-hydroxylation sites is 2. The summed E-state index contributed by atoms with van der Waals surface area (Å²) in [5.41, 5.74) is 6.45. The minimum atomic E-state index is -0.514. The first kappa shape index (κ1) is 29.3. The first-order valence-corrected chi connectivity index (χ1v) is 16.8. The average molecular weight is 612 g/mol. The van der Waals surface area contributed by atoms with Crippen molar-refractivity contribution < 1.29 is 4.79 Å². The highest BCUT2D eigenvalue weighted by molar-refractivity contribution is 8.00. The lowest BCUT2D eigenvalue weighted by Crippen LogP contribution is -2.43. The van der Waals surface area contributed by atoms with Crippen LogP contribution in [0.4, 0.5) is 11.4 Å². The van der Waals surface area contributed by atoms with Crippen molar-refractivity contribution in [1.29, 1.82) is 0 Å². The van der Waals surface area contributed by atoms with Crippen LogP contribution in [0.3, 0.4) is 0 Å². The number of fused-ring (bicyclic) bond motifs is 4. The largest absolute Gasteiger partial charge is 0.283 e. The Labute approximate surface area is 269 Å². The van der Waals surface area contributed by atoms with Crippen molar-refractivity contribution in [2.75, 3.05) is 4.90 Å². The summed E-state index contributed by atoms with van der Waals surface area (Å²) in [5, 5.41) is 0.0621. The maximum atomic E-state index is 14.9. The van der Waals surface area contributed by atoms with Gasteiger partial charge in [-0.05, 0) is 61.6 Å². The number of aromatic nitrogens is 2. The van der Waals surface area contributed by atoms with Crippen molar-refractivity contribution in [3.05, 3.63) is 142 Å². The van der Waals surface area contributed by atoms with Gasteiger partial charge in [0.25, 0.3) is 5.56 Å². The minimum absolute atomic E-state index is 0.0328. The van der Waals surface area contributed by atoms with Gasteiger partial charge in [-0.3, -0.25) is 19.1 Å². The van der Waals surface area contributed by atoms with E-state index >= 15 is 0 Å². The number of amides is 1. The van der Waals surface area contributed by atoms with Crippen LogP contribution in [0.25, 0.3) is 11.3 Å². The van der Waals surface area contributed by atoms with E-state index in [2.05, 4.69) is 18.2 Å². The fourth-order valence-electron chi connectivity index (χ4n) is 7.17. The van der Waals surface area contributed by atoms with E-state index in [9.17, 15) is 9.59 Å². The van der Waals surface area contributed by atoms with E-state index in [1.807, 2.05) is 109 Å². The van der Waals surface area contributed by atoms with Gasteiger partial charge < -0.3 is 0 Å². The van der Waals surface area contributed by atoms with Gasteiger partial charge in [0.2, 0.25) is 5.91 Å². The smallest absolute Gasteiger partial charge is 0.258 e. The fraction of sp³-hybridized carbons (Fsp3) is 0.256. The van der Waals surface area contributed by atoms with Crippen LogP contribution in [0.2, 0.25) is 0 Å². The second kappa shape index (κ2) is 12.5. The third-order valence-electron chi connectivity index (χ3n) is 9.34. The molecule has 5 aromatic rings. The van der Waals surface area contributed by atoms with Gasteiger partial charge in [0.15, 0.2) is 5.16 Å². The second-order valence-electron chi connectivity index (χ2n) is 12.3. The second-order valence-corrected chi connectivity index (χ2v) is 13.6. The molecule has 0 N–H and O–H groups in total. The third-order valence-corrected chi connectivity index (χ3v) is 10.4. The van der Waals surface area contributed by atoms with Crippen molar-refractivity contribution in [2.45, 2.75) is 67.8 Å². The lowest BCUT2D eigenvalue weighted by molar-refractivity contribution is -0.117. The van der Waals surface area contributed by atoms with Crippen molar-refractivity contribution in [3.63, 3.8) is 0 Å². The van der Waals surface area contributed by atoms with E-state index in [1.54, 1.807) is 4.90 Å². The molecule has 1 unspecified atom stereocenters. The molecular formula is C39H37N3O2S. The summed E-state index contributed by atoms with van der Waals surface area (Å²) in [5.74, 6) is -0.0696. The monoisotopic (exact) mass is 611 g/mol. The molecule has 1 fully saturated rings. The third kappa shape index (κ3) is 5.64. The Hall–Kier alpha value is -4.42. The van der Waals surface area contributed by atoms with Crippen LogP contribution < -0.4 is 10.5 Å². The summed E-state index contributed by atoms with van der Waals surface area (Å²) in [6, 6.07) is 38.0. The van der Waals surface area contributed by atoms with E-state index in [1.165, 1.54) is 23.7 Å². The molecule has 0 radical (unpaired) electrons. The lowest BCUT2D eigenvalue weighted by atomic mass is 9.62. The van der Waals surface area contributed by atoms with Crippen LogP contribution in [0, 0.1) is 0 Å². The molecule has 1 heterocycles. The predicted octanol–water partition coefficient (Wildman–Crippen LogP) is 8.56. The van der Waals surface area contributed by atoms with Crippen LogP contribution in [0.1, 0.15) is 55.7 Å². The van der Waals surface area contributed by atoms with Crippen molar-refractivity contribution in [2.24, 2.45) is 0 Å². The van der Waals surface area contributed by atoms with E-state index < -0.39 is 5.25 Å². The maximum Gasteiger partial charge on any atom is 0.258 e. The van der Waals surface area contributed by atoms with Gasteiger partial charge in [-0.15, -0.1) is 0 Å². The molecule has 45 heavy (non-hydrogen) atoms. The zero-order chi connectivity index (χ0) is 30.8. The Kier molecular flexibility index (Phi) is 8.16. The Morgan fingerprint density at radius 1 is 0.822 bits per heavy atom. The standard InChI is InChI=1S/C39H37N3O2S/c1-28(36(43)42(31-19-8-3-9-20-31)32-21-10-4-11-22-32)45-38-40-35-33-23-13-12-18-30(33)26-39(24-14-5-15-25-39)34(35)37(44)41(38)27-29-16-6-2-7-17-29/h2-4,6-13,16-23,28H,5,14-15,24-27H2,1H3. The first-order valence-electron chi connectivity index (χ1n) is 15.9. The highest BCUT2D eigenvalue weighted by atomic mass is 32.2.